The van der Waals surface area contributed by atoms with Crippen molar-refractivity contribution in [1.82, 2.24) is 0 Å². The van der Waals surface area contributed by atoms with E-state index < -0.39 is 6.67 Å². The Morgan fingerprint density at radius 1 is 1.36 bits per heavy atom. The summed E-state index contributed by atoms with van der Waals surface area (Å²) >= 11 is 11.1. The van der Waals surface area contributed by atoms with Crippen LogP contribution in [0.4, 0.5) is 4.39 Å². The van der Waals surface area contributed by atoms with Crippen LogP contribution in [0, 0.1) is 0 Å². The van der Waals surface area contributed by atoms with Gasteiger partial charge in [0.2, 0.25) is 0 Å². The molecule has 76 valence electrons. The number of hydrogen-bond donors (Lipinski definition) is 0. The predicted molar refractivity (Wildman–Crippen MR) is 55.7 cm³/mol. The van der Waals surface area contributed by atoms with Gasteiger partial charge in [0.25, 0.3) is 0 Å². The predicted octanol–water partition coefficient (Wildman–Crippen LogP) is 3.16. The molecule has 4 heteroatoms. The summed E-state index contributed by atoms with van der Waals surface area (Å²) in [5.74, 6) is -0.193. The number of hydrogen-bond acceptors (Lipinski definition) is 1. The van der Waals surface area contributed by atoms with Crippen LogP contribution >= 0.6 is 23.2 Å². The van der Waals surface area contributed by atoms with E-state index >= 15 is 0 Å². The summed E-state index contributed by atoms with van der Waals surface area (Å²) in [5.41, 5.74) is 1.11. The van der Waals surface area contributed by atoms with E-state index in [0.29, 0.717) is 16.1 Å². The van der Waals surface area contributed by atoms with Gasteiger partial charge in [-0.1, -0.05) is 17.7 Å². The lowest BCUT2D eigenvalue weighted by atomic mass is 10.0. The molecule has 0 N–H and O–H groups in total. The van der Waals surface area contributed by atoms with Gasteiger partial charge in [-0.3, -0.25) is 4.79 Å². The first kappa shape index (κ1) is 11.5. The average Bonchev–Trinajstić information content (AvgIpc) is 2.18. The molecule has 1 nitrogen and oxygen atoms in total. The number of ketones is 1. The highest BCUT2D eigenvalue weighted by Gasteiger charge is 2.07. The van der Waals surface area contributed by atoms with Gasteiger partial charge in [0, 0.05) is 11.4 Å². The molecule has 0 aromatic heterocycles. The van der Waals surface area contributed by atoms with Gasteiger partial charge in [-0.2, -0.15) is 0 Å². The average molecular weight is 235 g/mol. The molecule has 0 aliphatic carbocycles. The van der Waals surface area contributed by atoms with Crippen molar-refractivity contribution in [1.29, 1.82) is 0 Å². The van der Waals surface area contributed by atoms with E-state index in [4.69, 9.17) is 23.2 Å². The Morgan fingerprint density at radius 3 is 2.64 bits per heavy atom. The number of benzene rings is 1. The zero-order chi connectivity index (χ0) is 10.6. The van der Waals surface area contributed by atoms with Crippen LogP contribution in [0.3, 0.4) is 0 Å². The van der Waals surface area contributed by atoms with Crippen molar-refractivity contribution in [3.8, 4) is 0 Å². The minimum Gasteiger partial charge on any atom is -0.298 e. The van der Waals surface area contributed by atoms with Crippen molar-refractivity contribution >= 4 is 29.0 Å². The smallest absolute Gasteiger partial charge is 0.151 e. The summed E-state index contributed by atoms with van der Waals surface area (Å²) in [5, 5.41) is 0.500. The Balaban J connectivity index is 2.93. The van der Waals surface area contributed by atoms with Crippen LogP contribution in [0.5, 0.6) is 0 Å². The lowest BCUT2D eigenvalue weighted by Gasteiger charge is -2.05. The van der Waals surface area contributed by atoms with Crippen molar-refractivity contribution in [2.24, 2.45) is 0 Å². The van der Waals surface area contributed by atoms with Crippen LogP contribution in [0.15, 0.2) is 18.2 Å². The third kappa shape index (κ3) is 2.96. The normalized spacial score (nSPS) is 10.2. The molecule has 1 aromatic carbocycles. The number of rotatable bonds is 4. The third-order valence-corrected chi connectivity index (χ3v) is 2.38. The molecule has 0 unspecified atom stereocenters. The minimum atomic E-state index is -0.595. The number of carbonyl (C=O) groups excluding carboxylic acids is 1. The summed E-state index contributed by atoms with van der Waals surface area (Å²) in [6, 6.07) is 4.78. The summed E-state index contributed by atoms with van der Waals surface area (Å²) in [7, 11) is 0. The zero-order valence-corrected chi connectivity index (χ0v) is 8.91. The monoisotopic (exact) mass is 234 g/mol. The highest BCUT2D eigenvalue weighted by Crippen LogP contribution is 2.18. The molecule has 0 saturated heterocycles. The van der Waals surface area contributed by atoms with Gasteiger partial charge in [0.05, 0.1) is 5.88 Å². The first-order valence-corrected chi connectivity index (χ1v) is 4.99. The molecule has 1 aromatic rings. The second-order valence-electron chi connectivity index (χ2n) is 2.90. The number of Topliss-reactive ketones (excluding diaryl/α,β-unsaturated/α-hetero) is 1. The Bertz CT molecular complexity index is 339. The van der Waals surface area contributed by atoms with E-state index in [1.807, 2.05) is 0 Å². The van der Waals surface area contributed by atoms with E-state index in [0.717, 1.165) is 0 Å². The molecule has 0 bridgehead atoms. The van der Waals surface area contributed by atoms with Crippen LogP contribution in [0.25, 0.3) is 0 Å². The van der Waals surface area contributed by atoms with Gasteiger partial charge in [-0.25, -0.2) is 4.39 Å². The molecule has 1 rings (SSSR count). The van der Waals surface area contributed by atoms with Crippen LogP contribution in [-0.4, -0.2) is 11.7 Å². The molecule has 0 saturated carbocycles. The molecule has 0 amide bonds. The highest BCUT2D eigenvalue weighted by atomic mass is 35.5. The maximum atomic E-state index is 12.5. The maximum absolute atomic E-state index is 12.5. The summed E-state index contributed by atoms with van der Waals surface area (Å²) in [4.78, 5) is 11.1. The molecule has 0 atom stereocenters. The maximum Gasteiger partial charge on any atom is 0.151 e. The Kier molecular flexibility index (Phi) is 4.36. The van der Waals surface area contributed by atoms with Crippen molar-refractivity contribution in [3.63, 3.8) is 0 Å². The van der Waals surface area contributed by atoms with Gasteiger partial charge < -0.3 is 0 Å². The van der Waals surface area contributed by atoms with Crippen LogP contribution in [0.2, 0.25) is 5.02 Å². The van der Waals surface area contributed by atoms with Gasteiger partial charge >= 0.3 is 0 Å². The molecule has 0 aliphatic heterocycles. The van der Waals surface area contributed by atoms with Crippen molar-refractivity contribution in [2.45, 2.75) is 13.1 Å². The van der Waals surface area contributed by atoms with Crippen molar-refractivity contribution in [3.05, 3.63) is 34.3 Å². The molecule has 0 aliphatic rings. The summed E-state index contributed by atoms with van der Waals surface area (Å²) in [6.07, 6.45) is 0.142. The number of halogens is 3. The molecule has 0 spiro atoms. The topological polar surface area (TPSA) is 17.1 Å². The van der Waals surface area contributed by atoms with Crippen molar-refractivity contribution < 1.29 is 9.18 Å². The van der Waals surface area contributed by atoms with Gasteiger partial charge in [-0.05, 0) is 23.3 Å². The highest BCUT2D eigenvalue weighted by molar-refractivity contribution is 6.30. The zero-order valence-electron chi connectivity index (χ0n) is 7.40. The van der Waals surface area contributed by atoms with E-state index in [2.05, 4.69) is 0 Å². The molecule has 0 heterocycles. The lowest BCUT2D eigenvalue weighted by molar-refractivity contribution is -0.116. The van der Waals surface area contributed by atoms with Gasteiger partial charge in [-0.15, -0.1) is 11.6 Å². The molecular weight excluding hydrogens is 226 g/mol. The second kappa shape index (κ2) is 5.32. The van der Waals surface area contributed by atoms with Crippen LogP contribution in [0.1, 0.15) is 11.1 Å². The lowest BCUT2D eigenvalue weighted by Crippen LogP contribution is -2.05. The number of alkyl halides is 2. The van der Waals surface area contributed by atoms with E-state index in [1.54, 1.807) is 18.2 Å². The Hall–Kier alpha value is -0.600. The SMILES string of the molecule is O=C(CCl)Cc1cc(Cl)ccc1CF. The number of carbonyl (C=O) groups is 1. The summed E-state index contributed by atoms with van der Waals surface area (Å²) < 4.78 is 12.5. The Morgan fingerprint density at radius 2 is 2.07 bits per heavy atom. The minimum absolute atomic E-state index is 0.0573. The standard InChI is InChI=1S/C10H9Cl2FO/c11-5-10(14)4-8-3-9(12)2-1-7(8)6-13/h1-3H,4-6H2. The fourth-order valence-electron chi connectivity index (χ4n) is 1.15. The van der Waals surface area contributed by atoms with E-state index in [1.165, 1.54) is 0 Å². The Labute approximate surface area is 91.8 Å². The van der Waals surface area contributed by atoms with E-state index in [-0.39, 0.29) is 18.1 Å². The molecule has 0 fully saturated rings. The molecular formula is C10H9Cl2FO. The van der Waals surface area contributed by atoms with Crippen LogP contribution < -0.4 is 0 Å². The fraction of sp³-hybridized carbons (Fsp3) is 0.300. The van der Waals surface area contributed by atoms with E-state index in [9.17, 15) is 9.18 Å². The first-order valence-electron chi connectivity index (χ1n) is 4.08. The summed E-state index contributed by atoms with van der Waals surface area (Å²) in [6.45, 7) is -0.595. The largest absolute Gasteiger partial charge is 0.298 e. The quantitative estimate of drug-likeness (QED) is 0.732. The van der Waals surface area contributed by atoms with Crippen molar-refractivity contribution in [2.75, 3.05) is 5.88 Å². The molecule has 0 radical (unpaired) electrons. The van der Waals surface area contributed by atoms with Gasteiger partial charge in [0.1, 0.15) is 6.67 Å². The first-order chi connectivity index (χ1) is 6.67. The fourth-order valence-corrected chi connectivity index (χ4v) is 1.44. The molecule has 14 heavy (non-hydrogen) atoms. The second-order valence-corrected chi connectivity index (χ2v) is 3.60. The van der Waals surface area contributed by atoms with Crippen LogP contribution in [-0.2, 0) is 17.9 Å². The third-order valence-electron chi connectivity index (χ3n) is 1.85. The van der Waals surface area contributed by atoms with Gasteiger partial charge in [0.15, 0.2) is 5.78 Å².